The summed E-state index contributed by atoms with van der Waals surface area (Å²) in [6, 6.07) is 14.6. The van der Waals surface area contributed by atoms with Crippen LogP contribution in [0.2, 0.25) is 0 Å². The van der Waals surface area contributed by atoms with Gasteiger partial charge in [-0.1, -0.05) is 49.6 Å². The number of nitrogens with one attached hydrogen (secondary N) is 2. The molecule has 0 amide bonds. The summed E-state index contributed by atoms with van der Waals surface area (Å²) in [6.07, 6.45) is 8.21. The zero-order valence-corrected chi connectivity index (χ0v) is 15.4. The Morgan fingerprint density at radius 2 is 1.92 bits per heavy atom. The van der Waals surface area contributed by atoms with Gasteiger partial charge in [0.25, 0.3) is 0 Å². The second kappa shape index (κ2) is 9.80. The lowest BCUT2D eigenvalue weighted by molar-refractivity contribution is 0.293. The number of aliphatic imine (C=N–C) groups is 1. The van der Waals surface area contributed by atoms with Crippen LogP contribution in [0.5, 0.6) is 5.88 Å². The third-order valence-corrected chi connectivity index (χ3v) is 4.66. The smallest absolute Gasteiger partial charge is 0.213 e. The molecule has 1 fully saturated rings. The SMILES string of the molecule is CN=C(NCc1ccnc(OCc2ccccc2)c1)NC1CCCCC1. The van der Waals surface area contributed by atoms with Crippen molar-refractivity contribution in [1.82, 2.24) is 15.6 Å². The number of pyridine rings is 1. The average molecular weight is 352 g/mol. The first-order chi connectivity index (χ1) is 12.8. The molecule has 1 aliphatic carbocycles. The van der Waals surface area contributed by atoms with Crippen molar-refractivity contribution in [1.29, 1.82) is 0 Å². The highest BCUT2D eigenvalue weighted by molar-refractivity contribution is 5.79. The Morgan fingerprint density at radius 3 is 2.69 bits per heavy atom. The fraction of sp³-hybridized carbons (Fsp3) is 0.429. The van der Waals surface area contributed by atoms with Crippen LogP contribution in [0.4, 0.5) is 0 Å². The molecule has 1 saturated carbocycles. The molecular weight excluding hydrogens is 324 g/mol. The molecule has 0 saturated heterocycles. The summed E-state index contributed by atoms with van der Waals surface area (Å²) >= 11 is 0. The molecule has 1 heterocycles. The summed E-state index contributed by atoms with van der Waals surface area (Å²) in [5, 5.41) is 6.92. The minimum atomic E-state index is 0.523. The number of hydrogen-bond donors (Lipinski definition) is 2. The Morgan fingerprint density at radius 1 is 1.12 bits per heavy atom. The number of guanidine groups is 1. The summed E-state index contributed by atoms with van der Waals surface area (Å²) in [4.78, 5) is 8.64. The van der Waals surface area contributed by atoms with Gasteiger partial charge in [-0.15, -0.1) is 0 Å². The zero-order chi connectivity index (χ0) is 18.0. The number of benzene rings is 1. The van der Waals surface area contributed by atoms with E-state index in [4.69, 9.17) is 4.74 Å². The van der Waals surface area contributed by atoms with E-state index in [0.29, 0.717) is 25.1 Å². The maximum Gasteiger partial charge on any atom is 0.213 e. The van der Waals surface area contributed by atoms with Crippen LogP contribution in [-0.2, 0) is 13.2 Å². The van der Waals surface area contributed by atoms with E-state index in [9.17, 15) is 0 Å². The first-order valence-electron chi connectivity index (χ1n) is 9.42. The van der Waals surface area contributed by atoms with E-state index in [1.165, 1.54) is 32.1 Å². The molecule has 1 aromatic heterocycles. The molecule has 1 aromatic carbocycles. The van der Waals surface area contributed by atoms with Crippen LogP contribution in [0.15, 0.2) is 53.7 Å². The van der Waals surface area contributed by atoms with Crippen LogP contribution in [0.1, 0.15) is 43.2 Å². The van der Waals surface area contributed by atoms with E-state index in [1.807, 2.05) is 49.5 Å². The number of aromatic nitrogens is 1. The first kappa shape index (κ1) is 18.2. The Balaban J connectivity index is 1.49. The molecule has 0 spiro atoms. The van der Waals surface area contributed by atoms with E-state index in [0.717, 1.165) is 17.1 Å². The van der Waals surface area contributed by atoms with Gasteiger partial charge in [0.2, 0.25) is 5.88 Å². The predicted molar refractivity (Wildman–Crippen MR) is 105 cm³/mol. The molecule has 3 rings (SSSR count). The molecule has 5 nitrogen and oxygen atoms in total. The molecule has 0 radical (unpaired) electrons. The topological polar surface area (TPSA) is 58.5 Å². The van der Waals surface area contributed by atoms with Crippen molar-refractivity contribution in [2.24, 2.45) is 4.99 Å². The lowest BCUT2D eigenvalue weighted by atomic mass is 9.96. The largest absolute Gasteiger partial charge is 0.473 e. The Bertz CT molecular complexity index is 696. The van der Waals surface area contributed by atoms with Gasteiger partial charge in [0.1, 0.15) is 6.61 Å². The molecule has 26 heavy (non-hydrogen) atoms. The third kappa shape index (κ3) is 5.76. The van der Waals surface area contributed by atoms with Crippen LogP contribution in [0, 0.1) is 0 Å². The summed E-state index contributed by atoms with van der Waals surface area (Å²) in [5.74, 6) is 1.50. The molecule has 0 aliphatic heterocycles. The Hall–Kier alpha value is -2.56. The van der Waals surface area contributed by atoms with Crippen molar-refractivity contribution in [3.63, 3.8) is 0 Å². The maximum atomic E-state index is 5.80. The molecule has 1 aliphatic rings. The number of rotatable bonds is 6. The van der Waals surface area contributed by atoms with Gasteiger partial charge in [-0.2, -0.15) is 0 Å². The quantitative estimate of drug-likeness (QED) is 0.615. The summed E-state index contributed by atoms with van der Waals surface area (Å²) in [7, 11) is 1.82. The Kier molecular flexibility index (Phi) is 6.88. The van der Waals surface area contributed by atoms with Gasteiger partial charge < -0.3 is 15.4 Å². The fourth-order valence-corrected chi connectivity index (χ4v) is 3.19. The standard InChI is InChI=1S/C21H28N4O/c1-22-21(25-19-10-6-3-7-11-19)24-15-18-12-13-23-20(14-18)26-16-17-8-4-2-5-9-17/h2,4-5,8-9,12-14,19H,3,6-7,10-11,15-16H2,1H3,(H2,22,24,25). The van der Waals surface area contributed by atoms with Crippen molar-refractivity contribution in [3.05, 3.63) is 59.8 Å². The van der Waals surface area contributed by atoms with Gasteiger partial charge in [-0.05, 0) is 30.0 Å². The molecule has 5 heteroatoms. The van der Waals surface area contributed by atoms with Crippen molar-refractivity contribution in [3.8, 4) is 5.88 Å². The van der Waals surface area contributed by atoms with Gasteiger partial charge in [-0.3, -0.25) is 4.99 Å². The number of hydrogen-bond acceptors (Lipinski definition) is 3. The second-order valence-electron chi connectivity index (χ2n) is 6.68. The normalized spacial score (nSPS) is 15.5. The van der Waals surface area contributed by atoms with Crippen LogP contribution >= 0.6 is 0 Å². The minimum absolute atomic E-state index is 0.523. The lowest BCUT2D eigenvalue weighted by Gasteiger charge is -2.24. The molecule has 0 unspecified atom stereocenters. The highest BCUT2D eigenvalue weighted by Gasteiger charge is 2.14. The fourth-order valence-electron chi connectivity index (χ4n) is 3.19. The summed E-state index contributed by atoms with van der Waals surface area (Å²) in [6.45, 7) is 1.21. The average Bonchev–Trinajstić information content (AvgIpc) is 2.71. The van der Waals surface area contributed by atoms with Crippen molar-refractivity contribution >= 4 is 5.96 Å². The van der Waals surface area contributed by atoms with Gasteiger partial charge >= 0.3 is 0 Å². The van der Waals surface area contributed by atoms with E-state index >= 15 is 0 Å². The number of ether oxygens (including phenoxy) is 1. The molecule has 138 valence electrons. The first-order valence-corrected chi connectivity index (χ1v) is 9.42. The monoisotopic (exact) mass is 352 g/mol. The Labute approximate surface area is 155 Å². The maximum absolute atomic E-state index is 5.80. The van der Waals surface area contributed by atoms with E-state index in [1.54, 1.807) is 6.20 Å². The van der Waals surface area contributed by atoms with Gasteiger partial charge in [0, 0.05) is 31.9 Å². The van der Waals surface area contributed by atoms with Gasteiger partial charge in [0.05, 0.1) is 0 Å². The third-order valence-electron chi connectivity index (χ3n) is 4.66. The van der Waals surface area contributed by atoms with E-state index in [-0.39, 0.29) is 0 Å². The highest BCUT2D eigenvalue weighted by Crippen LogP contribution is 2.17. The van der Waals surface area contributed by atoms with E-state index in [2.05, 4.69) is 20.6 Å². The molecule has 0 bridgehead atoms. The van der Waals surface area contributed by atoms with Gasteiger partial charge in [-0.25, -0.2) is 4.98 Å². The second-order valence-corrected chi connectivity index (χ2v) is 6.68. The lowest BCUT2D eigenvalue weighted by Crippen LogP contribution is -2.43. The van der Waals surface area contributed by atoms with Crippen LogP contribution in [0.3, 0.4) is 0 Å². The summed E-state index contributed by atoms with van der Waals surface area (Å²) < 4.78 is 5.80. The van der Waals surface area contributed by atoms with Gasteiger partial charge in [0.15, 0.2) is 5.96 Å². The van der Waals surface area contributed by atoms with Crippen LogP contribution in [-0.4, -0.2) is 24.0 Å². The van der Waals surface area contributed by atoms with Crippen LogP contribution < -0.4 is 15.4 Å². The molecule has 2 aromatic rings. The summed E-state index contributed by atoms with van der Waals surface area (Å²) in [5.41, 5.74) is 2.25. The van der Waals surface area contributed by atoms with Crippen molar-refractivity contribution < 1.29 is 4.74 Å². The predicted octanol–water partition coefficient (Wildman–Crippen LogP) is 3.66. The van der Waals surface area contributed by atoms with Crippen LogP contribution in [0.25, 0.3) is 0 Å². The van der Waals surface area contributed by atoms with E-state index < -0.39 is 0 Å². The molecular formula is C21H28N4O. The molecule has 0 atom stereocenters. The molecule has 2 N–H and O–H groups in total. The van der Waals surface area contributed by atoms with Crippen molar-refractivity contribution in [2.45, 2.75) is 51.3 Å². The highest BCUT2D eigenvalue weighted by atomic mass is 16.5. The minimum Gasteiger partial charge on any atom is -0.473 e. The zero-order valence-electron chi connectivity index (χ0n) is 15.4. The number of nitrogens with zero attached hydrogens (tertiary/aromatic N) is 2. The van der Waals surface area contributed by atoms with Crippen molar-refractivity contribution in [2.75, 3.05) is 7.05 Å².